The van der Waals surface area contributed by atoms with Crippen molar-refractivity contribution in [2.45, 2.75) is 6.92 Å². The van der Waals surface area contributed by atoms with Crippen LogP contribution in [0.3, 0.4) is 0 Å². The molecule has 2 aromatic carbocycles. The number of aryl methyl sites for hydroxylation is 1. The van der Waals surface area contributed by atoms with Crippen molar-refractivity contribution < 1.29 is 4.39 Å². The summed E-state index contributed by atoms with van der Waals surface area (Å²) in [5, 5.41) is 0.802. The summed E-state index contributed by atoms with van der Waals surface area (Å²) < 4.78 is 13.1. The van der Waals surface area contributed by atoms with Gasteiger partial charge in [-0.15, -0.1) is 0 Å². The molecule has 0 saturated carbocycles. The first-order valence-electron chi connectivity index (χ1n) is 6.06. The third kappa shape index (κ3) is 2.15. The summed E-state index contributed by atoms with van der Waals surface area (Å²) in [7, 11) is 0. The van der Waals surface area contributed by atoms with Gasteiger partial charge in [0.25, 0.3) is 0 Å². The summed E-state index contributed by atoms with van der Waals surface area (Å²) in [4.78, 5) is 4.55. The van der Waals surface area contributed by atoms with Gasteiger partial charge in [0.2, 0.25) is 0 Å². The van der Waals surface area contributed by atoms with E-state index in [-0.39, 0.29) is 5.82 Å². The molecule has 0 bridgehead atoms. The fraction of sp³-hybridized carbons (Fsp3) is 0.0625. The van der Waals surface area contributed by atoms with Crippen molar-refractivity contribution in [1.29, 1.82) is 0 Å². The maximum absolute atomic E-state index is 13.1. The van der Waals surface area contributed by atoms with Crippen molar-refractivity contribution in [3.8, 4) is 11.3 Å². The zero-order valence-electron chi connectivity index (χ0n) is 10.5. The number of nitrogen functional groups attached to an aromatic ring is 1. The molecular weight excluding hydrogens is 239 g/mol. The lowest BCUT2D eigenvalue weighted by atomic mass is 10.1. The normalized spacial score (nSPS) is 10.8. The van der Waals surface area contributed by atoms with Gasteiger partial charge >= 0.3 is 0 Å². The number of aromatic nitrogens is 1. The molecule has 2 nitrogen and oxygen atoms in total. The van der Waals surface area contributed by atoms with Crippen LogP contribution in [0.2, 0.25) is 0 Å². The molecule has 3 rings (SSSR count). The van der Waals surface area contributed by atoms with E-state index in [0.29, 0.717) is 0 Å². The lowest BCUT2D eigenvalue weighted by Crippen LogP contribution is -1.91. The van der Waals surface area contributed by atoms with Crippen molar-refractivity contribution in [3.63, 3.8) is 0 Å². The number of nitrogens with zero attached hydrogens (tertiary/aromatic N) is 1. The molecule has 0 spiro atoms. The fourth-order valence-electron chi connectivity index (χ4n) is 2.09. The molecule has 0 atom stereocenters. The molecule has 0 aliphatic heterocycles. The first-order chi connectivity index (χ1) is 9.13. The molecule has 1 heterocycles. The Morgan fingerprint density at radius 3 is 2.63 bits per heavy atom. The van der Waals surface area contributed by atoms with Crippen molar-refractivity contribution in [3.05, 3.63) is 59.9 Å². The monoisotopic (exact) mass is 252 g/mol. The summed E-state index contributed by atoms with van der Waals surface area (Å²) in [6, 6.07) is 14.2. The smallest absolute Gasteiger partial charge is 0.123 e. The number of rotatable bonds is 1. The van der Waals surface area contributed by atoms with Crippen LogP contribution in [-0.4, -0.2) is 4.98 Å². The topological polar surface area (TPSA) is 38.9 Å². The van der Waals surface area contributed by atoms with Crippen molar-refractivity contribution in [2.24, 2.45) is 0 Å². The molecule has 3 heteroatoms. The number of anilines is 1. The molecular formula is C16H13FN2. The van der Waals surface area contributed by atoms with Gasteiger partial charge < -0.3 is 5.73 Å². The largest absolute Gasteiger partial charge is 0.399 e. The van der Waals surface area contributed by atoms with E-state index >= 15 is 0 Å². The zero-order valence-corrected chi connectivity index (χ0v) is 10.5. The molecule has 0 fully saturated rings. The second-order valence-corrected chi connectivity index (χ2v) is 4.60. The number of hydrogen-bond donors (Lipinski definition) is 1. The van der Waals surface area contributed by atoms with Crippen LogP contribution in [0.5, 0.6) is 0 Å². The number of nitrogens with two attached hydrogens (primary N) is 1. The predicted molar refractivity (Wildman–Crippen MR) is 76.3 cm³/mol. The van der Waals surface area contributed by atoms with Crippen molar-refractivity contribution in [1.82, 2.24) is 4.98 Å². The maximum atomic E-state index is 13.1. The Labute approximate surface area is 110 Å². The molecule has 0 amide bonds. The zero-order chi connectivity index (χ0) is 13.4. The first kappa shape index (κ1) is 11.7. The van der Waals surface area contributed by atoms with Gasteiger partial charge in [-0.3, -0.25) is 0 Å². The van der Waals surface area contributed by atoms with Gasteiger partial charge in [-0.1, -0.05) is 12.1 Å². The summed E-state index contributed by atoms with van der Waals surface area (Å²) in [6.07, 6.45) is 0. The van der Waals surface area contributed by atoms with Gasteiger partial charge in [-0.05, 0) is 48.9 Å². The van der Waals surface area contributed by atoms with Gasteiger partial charge in [-0.25, -0.2) is 9.37 Å². The lowest BCUT2D eigenvalue weighted by Gasteiger charge is -2.06. The Kier molecular flexibility index (Phi) is 2.67. The van der Waals surface area contributed by atoms with Gasteiger partial charge in [-0.2, -0.15) is 0 Å². The molecule has 94 valence electrons. The van der Waals surface area contributed by atoms with E-state index in [1.807, 2.05) is 37.3 Å². The summed E-state index contributed by atoms with van der Waals surface area (Å²) in [5.41, 5.74) is 10.3. The van der Waals surface area contributed by atoms with Gasteiger partial charge in [0.05, 0.1) is 11.2 Å². The van der Waals surface area contributed by atoms with Crippen LogP contribution >= 0.6 is 0 Å². The molecule has 0 unspecified atom stereocenters. The standard InChI is InChI=1S/C16H13FN2/c1-10-8-11(2-5-14(10)18)15-6-3-12-9-13(17)4-7-16(12)19-15/h2-9H,18H2,1H3. The minimum atomic E-state index is -0.245. The molecule has 2 N–H and O–H groups in total. The Balaban J connectivity index is 2.14. The Morgan fingerprint density at radius 1 is 1.00 bits per heavy atom. The minimum Gasteiger partial charge on any atom is -0.399 e. The molecule has 3 aromatic rings. The van der Waals surface area contributed by atoms with Crippen LogP contribution < -0.4 is 5.73 Å². The van der Waals surface area contributed by atoms with E-state index in [9.17, 15) is 4.39 Å². The second-order valence-electron chi connectivity index (χ2n) is 4.60. The number of hydrogen-bond acceptors (Lipinski definition) is 2. The number of halogens is 1. The first-order valence-corrected chi connectivity index (χ1v) is 6.06. The quantitative estimate of drug-likeness (QED) is 0.666. The molecule has 0 saturated heterocycles. The summed E-state index contributed by atoms with van der Waals surface area (Å²) in [5.74, 6) is -0.245. The van der Waals surface area contributed by atoms with Crippen molar-refractivity contribution in [2.75, 3.05) is 5.73 Å². The van der Waals surface area contributed by atoms with Crippen LogP contribution in [0, 0.1) is 12.7 Å². The molecule has 0 aliphatic carbocycles. The third-order valence-electron chi connectivity index (χ3n) is 3.22. The van der Waals surface area contributed by atoms with E-state index in [1.54, 1.807) is 6.07 Å². The average Bonchev–Trinajstić information content (AvgIpc) is 2.41. The number of fused-ring (bicyclic) bond motifs is 1. The van der Waals surface area contributed by atoms with Gasteiger partial charge in [0.15, 0.2) is 0 Å². The second kappa shape index (κ2) is 4.35. The highest BCUT2D eigenvalue weighted by Crippen LogP contribution is 2.24. The fourth-order valence-corrected chi connectivity index (χ4v) is 2.09. The van der Waals surface area contributed by atoms with E-state index in [4.69, 9.17) is 5.73 Å². The van der Waals surface area contributed by atoms with E-state index in [0.717, 1.165) is 33.4 Å². The highest BCUT2D eigenvalue weighted by molar-refractivity contribution is 5.81. The molecule has 1 aromatic heterocycles. The average molecular weight is 252 g/mol. The van der Waals surface area contributed by atoms with Crippen LogP contribution in [0.25, 0.3) is 22.2 Å². The third-order valence-corrected chi connectivity index (χ3v) is 3.22. The van der Waals surface area contributed by atoms with Gasteiger partial charge in [0, 0.05) is 16.6 Å². The highest BCUT2D eigenvalue weighted by atomic mass is 19.1. The van der Waals surface area contributed by atoms with Crippen molar-refractivity contribution >= 4 is 16.6 Å². The number of pyridine rings is 1. The Hall–Kier alpha value is -2.42. The van der Waals surface area contributed by atoms with Crippen LogP contribution in [-0.2, 0) is 0 Å². The predicted octanol–water partition coefficient (Wildman–Crippen LogP) is 3.93. The minimum absolute atomic E-state index is 0.245. The Morgan fingerprint density at radius 2 is 1.84 bits per heavy atom. The van der Waals surface area contributed by atoms with Crippen LogP contribution in [0.1, 0.15) is 5.56 Å². The van der Waals surface area contributed by atoms with Crippen LogP contribution in [0.15, 0.2) is 48.5 Å². The van der Waals surface area contributed by atoms with E-state index < -0.39 is 0 Å². The molecule has 19 heavy (non-hydrogen) atoms. The summed E-state index contributed by atoms with van der Waals surface area (Å²) >= 11 is 0. The van der Waals surface area contributed by atoms with E-state index in [2.05, 4.69) is 4.98 Å². The van der Waals surface area contributed by atoms with E-state index in [1.165, 1.54) is 12.1 Å². The molecule has 0 aliphatic rings. The van der Waals surface area contributed by atoms with Gasteiger partial charge in [0.1, 0.15) is 5.82 Å². The molecule has 0 radical (unpaired) electrons. The highest BCUT2D eigenvalue weighted by Gasteiger charge is 2.04. The Bertz CT molecular complexity index is 766. The maximum Gasteiger partial charge on any atom is 0.123 e. The summed E-state index contributed by atoms with van der Waals surface area (Å²) in [6.45, 7) is 1.97. The lowest BCUT2D eigenvalue weighted by molar-refractivity contribution is 0.629. The van der Waals surface area contributed by atoms with Crippen LogP contribution in [0.4, 0.5) is 10.1 Å². The number of benzene rings is 2. The SMILES string of the molecule is Cc1cc(-c2ccc3cc(F)ccc3n2)ccc1N.